The lowest BCUT2D eigenvalue weighted by atomic mass is 10.1. The summed E-state index contributed by atoms with van der Waals surface area (Å²) in [6.45, 7) is 2.21. The fourth-order valence-electron chi connectivity index (χ4n) is 1.61. The number of esters is 1. The van der Waals surface area contributed by atoms with Gasteiger partial charge in [-0.3, -0.25) is 9.59 Å². The van der Waals surface area contributed by atoms with Gasteiger partial charge in [-0.2, -0.15) is 0 Å². The number of anilines is 1. The molecule has 1 amide bonds. The zero-order valence-corrected chi connectivity index (χ0v) is 11.2. The van der Waals surface area contributed by atoms with Crippen LogP contribution in [-0.4, -0.2) is 23.5 Å². The zero-order valence-electron chi connectivity index (χ0n) is 11.2. The van der Waals surface area contributed by atoms with Gasteiger partial charge in [0.1, 0.15) is 5.82 Å². The van der Waals surface area contributed by atoms with E-state index >= 15 is 0 Å². The number of carbonyl (C=O) groups excluding carboxylic acids is 2. The molecule has 1 N–H and O–H groups in total. The van der Waals surface area contributed by atoms with Crippen molar-refractivity contribution in [2.24, 2.45) is 0 Å². The molecule has 0 saturated heterocycles. The molecule has 1 rings (SSSR count). The van der Waals surface area contributed by atoms with Crippen molar-refractivity contribution in [3.05, 3.63) is 24.4 Å². The standard InChI is InChI=1S/C14H20N2O3/c1-2-19-14(18)10-5-3-4-9-13(17)16-12-8-6-7-11-15-12/h6-8,11H,2-5,9-10H2,1H3,(H,15,16,17). The molecule has 0 aliphatic heterocycles. The monoisotopic (exact) mass is 264 g/mol. The van der Waals surface area contributed by atoms with Gasteiger partial charge in [-0.1, -0.05) is 12.5 Å². The third-order valence-corrected chi connectivity index (χ3v) is 2.52. The third-order valence-electron chi connectivity index (χ3n) is 2.52. The van der Waals surface area contributed by atoms with Crippen LogP contribution in [-0.2, 0) is 14.3 Å². The van der Waals surface area contributed by atoms with E-state index in [1.165, 1.54) is 0 Å². The molecule has 0 bridgehead atoms. The highest BCUT2D eigenvalue weighted by Crippen LogP contribution is 2.06. The molecule has 104 valence electrons. The summed E-state index contributed by atoms with van der Waals surface area (Å²) in [6.07, 6.45) is 4.87. The van der Waals surface area contributed by atoms with Crippen molar-refractivity contribution < 1.29 is 14.3 Å². The van der Waals surface area contributed by atoms with Gasteiger partial charge >= 0.3 is 5.97 Å². The van der Waals surface area contributed by atoms with E-state index in [1.54, 1.807) is 25.3 Å². The Labute approximate surface area is 113 Å². The molecule has 0 fully saturated rings. The van der Waals surface area contributed by atoms with Crippen molar-refractivity contribution in [1.29, 1.82) is 0 Å². The maximum absolute atomic E-state index is 11.6. The van der Waals surface area contributed by atoms with Crippen LogP contribution in [0.2, 0.25) is 0 Å². The summed E-state index contributed by atoms with van der Waals surface area (Å²) in [6, 6.07) is 5.37. The molecule has 0 unspecified atom stereocenters. The highest BCUT2D eigenvalue weighted by Gasteiger charge is 2.04. The topological polar surface area (TPSA) is 68.3 Å². The summed E-state index contributed by atoms with van der Waals surface area (Å²) in [5.41, 5.74) is 0. The lowest BCUT2D eigenvalue weighted by Crippen LogP contribution is -2.12. The number of ether oxygens (including phenoxy) is 1. The molecular formula is C14H20N2O3. The molecule has 1 heterocycles. The second-order valence-corrected chi connectivity index (χ2v) is 4.13. The Balaban J connectivity index is 2.06. The van der Waals surface area contributed by atoms with Crippen molar-refractivity contribution in [2.75, 3.05) is 11.9 Å². The summed E-state index contributed by atoms with van der Waals surface area (Å²) in [5.74, 6) is 0.356. The van der Waals surface area contributed by atoms with Crippen molar-refractivity contribution in [3.63, 3.8) is 0 Å². The molecule has 0 aromatic carbocycles. The molecule has 0 radical (unpaired) electrons. The Morgan fingerprint density at radius 1 is 1.21 bits per heavy atom. The van der Waals surface area contributed by atoms with Crippen LogP contribution in [0.4, 0.5) is 5.82 Å². The number of aromatic nitrogens is 1. The smallest absolute Gasteiger partial charge is 0.305 e. The average Bonchev–Trinajstić information content (AvgIpc) is 2.40. The normalized spacial score (nSPS) is 9.95. The maximum atomic E-state index is 11.6. The highest BCUT2D eigenvalue weighted by atomic mass is 16.5. The fourth-order valence-corrected chi connectivity index (χ4v) is 1.61. The Morgan fingerprint density at radius 2 is 2.00 bits per heavy atom. The molecule has 0 aliphatic carbocycles. The number of nitrogens with zero attached hydrogens (tertiary/aromatic N) is 1. The Bertz CT molecular complexity index is 393. The Morgan fingerprint density at radius 3 is 2.68 bits per heavy atom. The van der Waals surface area contributed by atoms with E-state index < -0.39 is 0 Å². The number of hydrogen-bond donors (Lipinski definition) is 1. The van der Waals surface area contributed by atoms with Crippen LogP contribution >= 0.6 is 0 Å². The van der Waals surface area contributed by atoms with Gasteiger partial charge in [-0.05, 0) is 31.9 Å². The maximum Gasteiger partial charge on any atom is 0.305 e. The summed E-state index contributed by atoms with van der Waals surface area (Å²) in [4.78, 5) is 26.7. The van der Waals surface area contributed by atoms with E-state index in [9.17, 15) is 9.59 Å². The molecule has 5 heteroatoms. The van der Waals surface area contributed by atoms with E-state index in [-0.39, 0.29) is 11.9 Å². The first kappa shape index (κ1) is 15.1. The molecule has 0 atom stereocenters. The van der Waals surface area contributed by atoms with Crippen LogP contribution in [0, 0.1) is 0 Å². The van der Waals surface area contributed by atoms with Crippen LogP contribution < -0.4 is 5.32 Å². The van der Waals surface area contributed by atoms with Gasteiger partial charge in [0.25, 0.3) is 0 Å². The van der Waals surface area contributed by atoms with Gasteiger partial charge in [-0.25, -0.2) is 4.98 Å². The molecule has 1 aromatic heterocycles. The number of hydrogen-bond acceptors (Lipinski definition) is 4. The fraction of sp³-hybridized carbons (Fsp3) is 0.500. The third kappa shape index (κ3) is 7.18. The number of pyridine rings is 1. The van der Waals surface area contributed by atoms with E-state index in [1.807, 2.05) is 6.07 Å². The van der Waals surface area contributed by atoms with Crippen LogP contribution in [0.15, 0.2) is 24.4 Å². The van der Waals surface area contributed by atoms with E-state index in [2.05, 4.69) is 10.3 Å². The van der Waals surface area contributed by atoms with E-state index in [0.717, 1.165) is 19.3 Å². The number of rotatable bonds is 8. The second kappa shape index (κ2) is 9.08. The molecular weight excluding hydrogens is 244 g/mol. The molecule has 5 nitrogen and oxygen atoms in total. The van der Waals surface area contributed by atoms with Crippen molar-refractivity contribution >= 4 is 17.7 Å². The number of carbonyl (C=O) groups is 2. The van der Waals surface area contributed by atoms with Crippen LogP contribution in [0.3, 0.4) is 0 Å². The van der Waals surface area contributed by atoms with Crippen LogP contribution in [0.5, 0.6) is 0 Å². The average molecular weight is 264 g/mol. The summed E-state index contributed by atoms with van der Waals surface area (Å²) >= 11 is 0. The highest BCUT2D eigenvalue weighted by molar-refractivity contribution is 5.89. The summed E-state index contributed by atoms with van der Waals surface area (Å²) in [5, 5.41) is 2.72. The predicted octanol–water partition coefficient (Wildman–Crippen LogP) is 2.53. The molecule has 0 saturated carbocycles. The van der Waals surface area contributed by atoms with Crippen molar-refractivity contribution in [2.45, 2.75) is 39.0 Å². The molecule has 0 spiro atoms. The number of unbranched alkanes of at least 4 members (excludes halogenated alkanes) is 2. The minimum atomic E-state index is -0.166. The summed E-state index contributed by atoms with van der Waals surface area (Å²) in [7, 11) is 0. The Kier molecular flexibility index (Phi) is 7.24. The lowest BCUT2D eigenvalue weighted by molar-refractivity contribution is -0.143. The van der Waals surface area contributed by atoms with Gasteiger partial charge < -0.3 is 10.1 Å². The van der Waals surface area contributed by atoms with Gasteiger partial charge in [-0.15, -0.1) is 0 Å². The molecule has 19 heavy (non-hydrogen) atoms. The van der Waals surface area contributed by atoms with E-state index in [0.29, 0.717) is 25.3 Å². The van der Waals surface area contributed by atoms with Crippen LogP contribution in [0.25, 0.3) is 0 Å². The molecule has 0 aliphatic rings. The largest absolute Gasteiger partial charge is 0.466 e. The predicted molar refractivity (Wildman–Crippen MR) is 72.6 cm³/mol. The minimum absolute atomic E-state index is 0.0464. The zero-order chi connectivity index (χ0) is 13.9. The van der Waals surface area contributed by atoms with Crippen LogP contribution in [0.1, 0.15) is 39.0 Å². The summed E-state index contributed by atoms with van der Waals surface area (Å²) < 4.78 is 4.82. The molecule has 1 aromatic rings. The lowest BCUT2D eigenvalue weighted by Gasteiger charge is -2.04. The van der Waals surface area contributed by atoms with Crippen molar-refractivity contribution in [1.82, 2.24) is 4.98 Å². The van der Waals surface area contributed by atoms with Gasteiger partial charge in [0.2, 0.25) is 5.91 Å². The first-order valence-corrected chi connectivity index (χ1v) is 6.59. The number of amides is 1. The van der Waals surface area contributed by atoms with Gasteiger partial charge in [0.05, 0.1) is 6.61 Å². The minimum Gasteiger partial charge on any atom is -0.466 e. The Hall–Kier alpha value is -1.91. The second-order valence-electron chi connectivity index (χ2n) is 4.13. The first-order valence-electron chi connectivity index (χ1n) is 6.59. The van der Waals surface area contributed by atoms with Gasteiger partial charge in [0.15, 0.2) is 0 Å². The van der Waals surface area contributed by atoms with E-state index in [4.69, 9.17) is 4.74 Å². The first-order chi connectivity index (χ1) is 9.22. The van der Waals surface area contributed by atoms with Gasteiger partial charge in [0, 0.05) is 19.0 Å². The quantitative estimate of drug-likeness (QED) is 0.578. The SMILES string of the molecule is CCOC(=O)CCCCCC(=O)Nc1ccccn1. The number of nitrogens with one attached hydrogen (secondary N) is 1. The van der Waals surface area contributed by atoms with Crippen molar-refractivity contribution in [3.8, 4) is 0 Å².